The van der Waals surface area contributed by atoms with Crippen LogP contribution in [0.15, 0.2) is 23.3 Å². The molecule has 1 rings (SSSR count). The molecule has 0 bridgehead atoms. The SMILES string of the molecule is I.NC(N)=NCCOc1ncccc1C(F)(F)F. The second kappa shape index (κ2) is 7.24. The number of guanidine groups is 1. The molecule has 102 valence electrons. The van der Waals surface area contributed by atoms with Crippen LogP contribution in [0.3, 0.4) is 0 Å². The van der Waals surface area contributed by atoms with Gasteiger partial charge in [-0.25, -0.2) is 4.98 Å². The van der Waals surface area contributed by atoms with E-state index in [-0.39, 0.29) is 43.1 Å². The Bertz CT molecular complexity index is 407. The highest BCUT2D eigenvalue weighted by Gasteiger charge is 2.34. The van der Waals surface area contributed by atoms with Crippen molar-refractivity contribution in [3.8, 4) is 5.88 Å². The molecule has 18 heavy (non-hydrogen) atoms. The van der Waals surface area contributed by atoms with Gasteiger partial charge in [-0.2, -0.15) is 13.2 Å². The number of hydrogen-bond acceptors (Lipinski definition) is 3. The lowest BCUT2D eigenvalue weighted by Gasteiger charge is -2.11. The fraction of sp³-hybridized carbons (Fsp3) is 0.333. The molecule has 5 nitrogen and oxygen atoms in total. The minimum Gasteiger partial charge on any atom is -0.475 e. The Morgan fingerprint density at radius 1 is 1.39 bits per heavy atom. The molecule has 1 aromatic heterocycles. The number of nitrogens with two attached hydrogens (primary N) is 2. The molecule has 9 heteroatoms. The second-order valence-electron chi connectivity index (χ2n) is 3.01. The monoisotopic (exact) mass is 376 g/mol. The van der Waals surface area contributed by atoms with Crippen molar-refractivity contribution in [1.82, 2.24) is 4.98 Å². The Morgan fingerprint density at radius 2 is 2.06 bits per heavy atom. The third-order valence-electron chi connectivity index (χ3n) is 1.70. The molecule has 0 unspecified atom stereocenters. The first-order chi connectivity index (χ1) is 7.91. The van der Waals surface area contributed by atoms with Crippen LogP contribution in [0.1, 0.15) is 5.56 Å². The number of rotatable bonds is 4. The first-order valence-electron chi connectivity index (χ1n) is 4.61. The Kier molecular flexibility index (Phi) is 6.73. The molecule has 0 amide bonds. The molecule has 0 spiro atoms. The molecule has 0 saturated carbocycles. The van der Waals surface area contributed by atoms with Gasteiger partial charge in [-0.3, -0.25) is 4.99 Å². The summed E-state index contributed by atoms with van der Waals surface area (Å²) in [5.41, 5.74) is 9.17. The first-order valence-corrected chi connectivity index (χ1v) is 4.61. The van der Waals surface area contributed by atoms with E-state index in [0.29, 0.717) is 0 Å². The van der Waals surface area contributed by atoms with Gasteiger partial charge in [0.25, 0.3) is 0 Å². The van der Waals surface area contributed by atoms with Crippen molar-refractivity contribution in [2.75, 3.05) is 13.2 Å². The first kappa shape index (κ1) is 16.7. The van der Waals surface area contributed by atoms with Crippen LogP contribution in [0, 0.1) is 0 Å². The summed E-state index contributed by atoms with van der Waals surface area (Å²) in [5.74, 6) is -0.628. The van der Waals surface area contributed by atoms with Crippen molar-refractivity contribution in [2.24, 2.45) is 16.5 Å². The standard InChI is InChI=1S/C9H11F3N4O.HI/c10-9(11,12)6-2-1-3-15-7(6)17-5-4-16-8(13)14;/h1-3H,4-5H2,(H4,13,14,16);1H. The summed E-state index contributed by atoms with van der Waals surface area (Å²) in [4.78, 5) is 7.08. The molecule has 1 aromatic rings. The predicted molar refractivity (Wildman–Crippen MR) is 70.8 cm³/mol. The van der Waals surface area contributed by atoms with Crippen molar-refractivity contribution >= 4 is 29.9 Å². The van der Waals surface area contributed by atoms with Crippen molar-refractivity contribution < 1.29 is 17.9 Å². The van der Waals surface area contributed by atoms with Crippen LogP contribution in [0.4, 0.5) is 13.2 Å². The summed E-state index contributed by atoms with van der Waals surface area (Å²) in [6, 6.07) is 2.08. The van der Waals surface area contributed by atoms with Crippen LogP contribution >= 0.6 is 24.0 Å². The third kappa shape index (κ3) is 5.38. The minimum atomic E-state index is -4.50. The average molecular weight is 376 g/mol. The number of nitrogens with zero attached hydrogens (tertiary/aromatic N) is 2. The highest BCUT2D eigenvalue weighted by molar-refractivity contribution is 14.0. The van der Waals surface area contributed by atoms with Crippen LogP contribution in [0.25, 0.3) is 0 Å². The van der Waals surface area contributed by atoms with E-state index >= 15 is 0 Å². The average Bonchev–Trinajstić information content (AvgIpc) is 2.23. The molecule has 1 heterocycles. The van der Waals surface area contributed by atoms with Gasteiger partial charge in [0.1, 0.15) is 12.2 Å². The molecule has 0 atom stereocenters. The van der Waals surface area contributed by atoms with Gasteiger partial charge in [0.2, 0.25) is 5.88 Å². The number of pyridine rings is 1. The quantitative estimate of drug-likeness (QED) is 0.360. The van der Waals surface area contributed by atoms with E-state index in [1.165, 1.54) is 12.3 Å². The molecule has 4 N–H and O–H groups in total. The van der Waals surface area contributed by atoms with Gasteiger partial charge in [-0.05, 0) is 12.1 Å². The van der Waals surface area contributed by atoms with Gasteiger partial charge in [0.05, 0.1) is 6.54 Å². The second-order valence-corrected chi connectivity index (χ2v) is 3.01. The Labute approximate surface area is 118 Å². The number of aliphatic imine (C=N–C) groups is 1. The van der Waals surface area contributed by atoms with Gasteiger partial charge in [-0.15, -0.1) is 24.0 Å². The zero-order chi connectivity index (χ0) is 12.9. The molecule has 0 aliphatic carbocycles. The molecule has 0 aromatic carbocycles. The van der Waals surface area contributed by atoms with Crippen molar-refractivity contribution in [2.45, 2.75) is 6.18 Å². The Balaban J connectivity index is 0.00000289. The van der Waals surface area contributed by atoms with Crippen LogP contribution in [0.5, 0.6) is 5.88 Å². The third-order valence-corrected chi connectivity index (χ3v) is 1.70. The number of halogens is 4. The van der Waals surface area contributed by atoms with Crippen LogP contribution < -0.4 is 16.2 Å². The number of alkyl halides is 3. The summed E-state index contributed by atoms with van der Waals surface area (Å²) in [6.07, 6.45) is -3.29. The molecule has 0 saturated heterocycles. The summed E-state index contributed by atoms with van der Waals surface area (Å²) in [6.45, 7) is -0.0196. The van der Waals surface area contributed by atoms with E-state index in [1.807, 2.05) is 0 Å². The normalized spacial score (nSPS) is 10.4. The Hall–Kier alpha value is -1.26. The van der Waals surface area contributed by atoms with Crippen LogP contribution in [-0.2, 0) is 6.18 Å². The molecular weight excluding hydrogens is 364 g/mol. The summed E-state index contributed by atoms with van der Waals surface area (Å²) in [5, 5.41) is 0. The van der Waals surface area contributed by atoms with Crippen molar-refractivity contribution in [3.05, 3.63) is 23.9 Å². The summed E-state index contributed by atoms with van der Waals surface area (Å²) < 4.78 is 42.4. The van der Waals surface area contributed by atoms with E-state index in [1.54, 1.807) is 0 Å². The summed E-state index contributed by atoms with van der Waals surface area (Å²) >= 11 is 0. The fourth-order valence-corrected chi connectivity index (χ4v) is 1.04. The zero-order valence-corrected chi connectivity index (χ0v) is 11.5. The van der Waals surface area contributed by atoms with Crippen LogP contribution in [-0.4, -0.2) is 24.1 Å². The molecular formula is C9H12F3IN4O. The van der Waals surface area contributed by atoms with E-state index in [2.05, 4.69) is 9.98 Å². The van der Waals surface area contributed by atoms with Gasteiger partial charge in [0.15, 0.2) is 5.96 Å². The lowest BCUT2D eigenvalue weighted by molar-refractivity contribution is -0.139. The molecule has 0 fully saturated rings. The van der Waals surface area contributed by atoms with Crippen LogP contribution in [0.2, 0.25) is 0 Å². The number of aromatic nitrogens is 1. The highest BCUT2D eigenvalue weighted by atomic mass is 127. The zero-order valence-electron chi connectivity index (χ0n) is 9.15. The largest absolute Gasteiger partial charge is 0.475 e. The fourth-order valence-electron chi connectivity index (χ4n) is 1.04. The van der Waals surface area contributed by atoms with E-state index in [4.69, 9.17) is 16.2 Å². The van der Waals surface area contributed by atoms with Crippen molar-refractivity contribution in [1.29, 1.82) is 0 Å². The van der Waals surface area contributed by atoms with Crippen molar-refractivity contribution in [3.63, 3.8) is 0 Å². The van der Waals surface area contributed by atoms with E-state index < -0.39 is 17.6 Å². The van der Waals surface area contributed by atoms with Gasteiger partial charge < -0.3 is 16.2 Å². The number of hydrogen-bond donors (Lipinski definition) is 2. The predicted octanol–water partition coefficient (Wildman–Crippen LogP) is 1.37. The maximum atomic E-state index is 12.5. The topological polar surface area (TPSA) is 86.5 Å². The minimum absolute atomic E-state index is 0. The van der Waals surface area contributed by atoms with Gasteiger partial charge in [0, 0.05) is 6.20 Å². The maximum Gasteiger partial charge on any atom is 0.421 e. The molecule has 0 aliphatic heterocycles. The van der Waals surface area contributed by atoms with Gasteiger partial charge in [-0.1, -0.05) is 0 Å². The van der Waals surface area contributed by atoms with E-state index in [0.717, 1.165) is 6.07 Å². The van der Waals surface area contributed by atoms with E-state index in [9.17, 15) is 13.2 Å². The summed E-state index contributed by atoms with van der Waals surface area (Å²) in [7, 11) is 0. The molecule has 0 aliphatic rings. The molecule has 0 radical (unpaired) electrons. The highest BCUT2D eigenvalue weighted by Crippen LogP contribution is 2.34. The Morgan fingerprint density at radius 3 is 2.61 bits per heavy atom. The number of ether oxygens (including phenoxy) is 1. The lowest BCUT2D eigenvalue weighted by Crippen LogP contribution is -2.23. The smallest absolute Gasteiger partial charge is 0.421 e. The van der Waals surface area contributed by atoms with Gasteiger partial charge >= 0.3 is 6.18 Å². The lowest BCUT2D eigenvalue weighted by atomic mass is 10.2. The maximum absolute atomic E-state index is 12.5.